The minimum absolute atomic E-state index is 0.00695. The summed E-state index contributed by atoms with van der Waals surface area (Å²) in [6, 6.07) is -3.42. The van der Waals surface area contributed by atoms with Gasteiger partial charge in [-0.3, -0.25) is 43.5 Å². The molecule has 76 heavy (non-hydrogen) atoms. The van der Waals surface area contributed by atoms with Crippen LogP contribution in [0.5, 0.6) is 0 Å². The van der Waals surface area contributed by atoms with Crippen molar-refractivity contribution in [3.05, 3.63) is 54.1 Å². The number of carboxylic acids is 1. The Bertz CT molecular complexity index is 2210. The highest BCUT2D eigenvalue weighted by Crippen LogP contribution is 2.19. The van der Waals surface area contributed by atoms with E-state index in [1.54, 1.807) is 45.9 Å². The normalized spacial score (nSPS) is 15.1. The molecule has 0 saturated carbocycles. The molecule has 1 heterocycles. The van der Waals surface area contributed by atoms with Crippen LogP contribution >= 0.6 is 0 Å². The summed E-state index contributed by atoms with van der Waals surface area (Å²) in [4.78, 5) is 124. The van der Waals surface area contributed by atoms with Crippen molar-refractivity contribution >= 4 is 59.2 Å². The summed E-state index contributed by atoms with van der Waals surface area (Å²) in [5, 5.41) is 49.1. The highest BCUT2D eigenvalue weighted by molar-refractivity contribution is 5.97. The second-order valence-electron chi connectivity index (χ2n) is 18.7. The number of carbonyl (C=O) groups excluding carboxylic acids is 7. The van der Waals surface area contributed by atoms with E-state index < -0.39 is 114 Å². The van der Waals surface area contributed by atoms with Crippen LogP contribution in [-0.4, -0.2) is 159 Å². The maximum absolute atomic E-state index is 14.4. The van der Waals surface area contributed by atoms with Gasteiger partial charge in [0.05, 0.1) is 19.0 Å². The molecule has 0 aliphatic heterocycles. The zero-order chi connectivity index (χ0) is 56.9. The molecule has 0 radical (unpaired) electrons. The summed E-state index contributed by atoms with van der Waals surface area (Å²) in [6.45, 7) is 6.39. The van der Waals surface area contributed by atoms with Gasteiger partial charge in [-0.05, 0) is 75.3 Å². The maximum Gasteiger partial charge on any atom is 0.329 e. The molecule has 2 rings (SSSR count). The third kappa shape index (κ3) is 23.4. The Morgan fingerprint density at radius 1 is 0.645 bits per heavy atom. The van der Waals surface area contributed by atoms with Crippen LogP contribution in [0.25, 0.3) is 0 Å². The molecule has 424 valence electrons. The second kappa shape index (κ2) is 34.2. The second-order valence-corrected chi connectivity index (χ2v) is 18.7. The van der Waals surface area contributed by atoms with E-state index in [2.05, 4.69) is 57.2 Å². The summed E-state index contributed by atoms with van der Waals surface area (Å²) in [5.41, 5.74) is 34.6. The fourth-order valence-electron chi connectivity index (χ4n) is 7.61. The molecule has 28 nitrogen and oxygen atoms in total. The van der Waals surface area contributed by atoms with Crippen molar-refractivity contribution in [3.8, 4) is 0 Å². The summed E-state index contributed by atoms with van der Waals surface area (Å²) < 4.78 is 0. The lowest BCUT2D eigenvalue weighted by molar-refractivity contribution is -0.146. The number of nitrogens with two attached hydrogens (primary N) is 6. The van der Waals surface area contributed by atoms with Gasteiger partial charge in [-0.2, -0.15) is 0 Å². The predicted octanol–water partition coefficient (Wildman–Crippen LogP) is -4.19. The fraction of sp³-hybridized carbons (Fsp3) is 0.604. The lowest BCUT2D eigenvalue weighted by atomic mass is 9.95. The van der Waals surface area contributed by atoms with E-state index in [0.717, 1.165) is 0 Å². The Morgan fingerprint density at radius 3 is 1.57 bits per heavy atom. The van der Waals surface area contributed by atoms with Gasteiger partial charge in [0.25, 0.3) is 0 Å². The zero-order valence-electron chi connectivity index (χ0n) is 43.7. The summed E-state index contributed by atoms with van der Waals surface area (Å²) in [5.74, 6) is -8.79. The minimum Gasteiger partial charge on any atom is -0.480 e. The van der Waals surface area contributed by atoms with Gasteiger partial charge in [-0.1, -0.05) is 64.4 Å². The lowest BCUT2D eigenvalue weighted by Gasteiger charge is -2.30. The molecule has 0 bridgehead atoms. The van der Waals surface area contributed by atoms with Crippen molar-refractivity contribution in [2.24, 2.45) is 56.2 Å². The van der Waals surface area contributed by atoms with Gasteiger partial charge >= 0.3 is 5.97 Å². The van der Waals surface area contributed by atoms with Crippen LogP contribution in [0.4, 0.5) is 0 Å². The molecular weight excluding hydrogens is 991 g/mol. The molecular formula is C48H81N17O11. The van der Waals surface area contributed by atoms with Crippen LogP contribution in [0.15, 0.2) is 52.8 Å². The van der Waals surface area contributed by atoms with E-state index in [9.17, 15) is 53.7 Å². The first-order valence-corrected chi connectivity index (χ1v) is 25.3. The third-order valence-corrected chi connectivity index (χ3v) is 12.0. The van der Waals surface area contributed by atoms with Crippen molar-refractivity contribution in [2.75, 3.05) is 26.2 Å². The summed E-state index contributed by atoms with van der Waals surface area (Å²) >= 11 is 0. The molecule has 0 saturated heterocycles. The average molecular weight is 1070 g/mol. The van der Waals surface area contributed by atoms with Gasteiger partial charge in [-0.25, -0.2) is 9.78 Å². The van der Waals surface area contributed by atoms with Crippen molar-refractivity contribution in [1.29, 1.82) is 0 Å². The molecule has 28 heteroatoms. The number of nitrogens with one attached hydrogen (secondary N) is 8. The Hall–Kier alpha value is -7.43. The van der Waals surface area contributed by atoms with Crippen molar-refractivity contribution in [1.82, 2.24) is 47.2 Å². The van der Waals surface area contributed by atoms with Crippen molar-refractivity contribution in [2.45, 2.75) is 146 Å². The van der Waals surface area contributed by atoms with Crippen LogP contribution in [0.3, 0.4) is 0 Å². The number of unbranched alkanes of at least 4 members (excludes halogenated alkanes) is 1. The number of guanidine groups is 2. The highest BCUT2D eigenvalue weighted by atomic mass is 16.4. The van der Waals surface area contributed by atoms with Crippen LogP contribution in [0.1, 0.15) is 103 Å². The number of rotatable bonds is 36. The first-order chi connectivity index (χ1) is 36.0. The number of carbonyl (C=O) groups is 8. The summed E-state index contributed by atoms with van der Waals surface area (Å²) in [7, 11) is 0. The number of imidazole rings is 1. The van der Waals surface area contributed by atoms with Crippen molar-refractivity contribution in [3.63, 3.8) is 0 Å². The summed E-state index contributed by atoms with van der Waals surface area (Å²) in [6.07, 6.45) is 2.45. The van der Waals surface area contributed by atoms with E-state index in [4.69, 9.17) is 34.4 Å². The SMILES string of the molecule is CC[C@H](C)[C@H](NC(=O)[C@H](CC(C)C)NC(=O)[C@H](CCCN=C(N)N)NC(=O)[C@H](CCCN=C(N)N)NC(=O)[C@H](CCCCN)NC(=O)[C@H](CO)NC(=O)[C@@H](N)Cc1cnc[nH]1)C(=O)N[C@H](C(=O)O)[C@H](O)c1ccccc1. The number of carboxylic acid groups (broad SMARTS) is 1. The number of aliphatic hydroxyl groups is 2. The fourth-order valence-corrected chi connectivity index (χ4v) is 7.61. The third-order valence-electron chi connectivity index (χ3n) is 12.0. The minimum atomic E-state index is -1.80. The van der Waals surface area contributed by atoms with Crippen LogP contribution in [0.2, 0.25) is 0 Å². The number of amides is 7. The van der Waals surface area contributed by atoms with Crippen molar-refractivity contribution < 1.29 is 53.7 Å². The average Bonchev–Trinajstić information content (AvgIpc) is 3.89. The van der Waals surface area contributed by atoms with Gasteiger partial charge in [0.2, 0.25) is 41.4 Å². The van der Waals surface area contributed by atoms with Gasteiger partial charge < -0.3 is 91.9 Å². The Labute approximate surface area is 442 Å². The number of aromatic amines is 1. The molecule has 0 aliphatic carbocycles. The largest absolute Gasteiger partial charge is 0.480 e. The first kappa shape index (κ1) is 64.7. The predicted molar refractivity (Wildman–Crippen MR) is 282 cm³/mol. The Balaban J connectivity index is 2.46. The first-order valence-electron chi connectivity index (χ1n) is 25.3. The lowest BCUT2D eigenvalue weighted by Crippen LogP contribution is -2.61. The molecule has 23 N–H and O–H groups in total. The Kier molecular flexibility index (Phi) is 29.1. The van der Waals surface area contributed by atoms with E-state index in [0.29, 0.717) is 25.0 Å². The number of aliphatic carboxylic acids is 1. The number of H-pyrrole nitrogens is 1. The van der Waals surface area contributed by atoms with Gasteiger partial charge in [0, 0.05) is 31.4 Å². The molecule has 1 aromatic heterocycles. The zero-order valence-corrected chi connectivity index (χ0v) is 43.7. The van der Waals surface area contributed by atoms with Gasteiger partial charge in [0.15, 0.2) is 18.0 Å². The van der Waals surface area contributed by atoms with E-state index in [1.165, 1.54) is 24.7 Å². The van der Waals surface area contributed by atoms with E-state index in [1.807, 2.05) is 0 Å². The topological polar surface area (TPSA) is 491 Å². The number of aromatic nitrogens is 2. The molecule has 1 aromatic carbocycles. The Morgan fingerprint density at radius 2 is 1.12 bits per heavy atom. The molecule has 0 fully saturated rings. The molecule has 0 aliphatic rings. The van der Waals surface area contributed by atoms with Crippen LogP contribution in [0, 0.1) is 11.8 Å². The van der Waals surface area contributed by atoms with E-state index in [-0.39, 0.29) is 88.0 Å². The number of hydrogen-bond acceptors (Lipinski definition) is 15. The molecule has 10 atom stereocenters. The number of aliphatic hydroxyl groups excluding tert-OH is 2. The number of benzene rings is 1. The molecule has 0 unspecified atom stereocenters. The molecule has 0 spiro atoms. The molecule has 2 aromatic rings. The van der Waals surface area contributed by atoms with Gasteiger partial charge in [-0.15, -0.1) is 0 Å². The van der Waals surface area contributed by atoms with E-state index >= 15 is 0 Å². The number of nitrogens with zero attached hydrogens (tertiary/aromatic N) is 3. The monoisotopic (exact) mass is 1070 g/mol. The quantitative estimate of drug-likeness (QED) is 0.0175. The standard InChI is InChI=1S/C48H81N17O11/c1-5-27(4)36(45(74)65-37(46(75)76)38(67)28-13-7-6-8-14-28)64-43(72)34(21-26(2)3)62-42(71)33(17-12-20-57-48(53)54)60-41(70)32(16-11-19-56-47(51)52)59-40(69)31(15-9-10-18-49)61-44(73)35(24-66)63-39(68)30(50)22-29-23-55-25-58-29/h6-8,13-14,23,25-27,30-38,66-67H,5,9-12,15-22,24,49-50H2,1-4H3,(H,55,58)(H,59,69)(H,60,70)(H,61,73)(H,62,71)(H,63,68)(H,64,72)(H,65,74)(H,75,76)(H4,51,52,56)(H4,53,54,57)/t27-,30-,31-,32-,33-,34-,35-,36-,37-,38+/m0/s1. The number of hydrogen-bond donors (Lipinski definition) is 17. The number of aliphatic imine (C=N–C) groups is 2. The smallest absolute Gasteiger partial charge is 0.329 e. The molecule has 7 amide bonds. The van der Waals surface area contributed by atoms with Crippen LogP contribution in [-0.2, 0) is 44.8 Å². The van der Waals surface area contributed by atoms with Gasteiger partial charge in [0.1, 0.15) is 42.4 Å². The van der Waals surface area contributed by atoms with Crippen LogP contribution < -0.4 is 71.6 Å². The highest BCUT2D eigenvalue weighted by Gasteiger charge is 2.37. The maximum atomic E-state index is 14.4.